The topological polar surface area (TPSA) is 58.6 Å². The molecule has 0 bridgehead atoms. The van der Waals surface area contributed by atoms with Crippen molar-refractivity contribution >= 4 is 11.8 Å². The lowest BCUT2D eigenvalue weighted by molar-refractivity contribution is -0.142. The van der Waals surface area contributed by atoms with Crippen LogP contribution in [0.2, 0.25) is 0 Å². The molecule has 0 heterocycles. The fourth-order valence-electron chi connectivity index (χ4n) is 3.67. The Morgan fingerprint density at radius 2 is 1.65 bits per heavy atom. The molecule has 0 saturated carbocycles. The number of carbonyl (C=O) groups is 2. The highest BCUT2D eigenvalue weighted by molar-refractivity contribution is 5.88. The van der Waals surface area contributed by atoms with Gasteiger partial charge >= 0.3 is 0 Å². The summed E-state index contributed by atoms with van der Waals surface area (Å²) in [5, 5.41) is 2.90. The highest BCUT2D eigenvalue weighted by Crippen LogP contribution is 2.19. The third-order valence-electron chi connectivity index (χ3n) is 5.56. The molecule has 178 valence electrons. The lowest BCUT2D eigenvalue weighted by Crippen LogP contribution is -2.52. The van der Waals surface area contributed by atoms with Crippen LogP contribution in [0, 0.1) is 12.7 Å². The molecule has 0 spiro atoms. The van der Waals surface area contributed by atoms with Gasteiger partial charge in [0.15, 0.2) is 6.61 Å². The summed E-state index contributed by atoms with van der Waals surface area (Å²) in [5.74, 6) is -0.491. The van der Waals surface area contributed by atoms with Gasteiger partial charge in [0, 0.05) is 25.1 Å². The van der Waals surface area contributed by atoms with Gasteiger partial charge < -0.3 is 15.0 Å². The van der Waals surface area contributed by atoms with E-state index in [1.165, 1.54) is 11.0 Å². The van der Waals surface area contributed by atoms with Crippen molar-refractivity contribution in [2.24, 2.45) is 0 Å². The zero-order chi connectivity index (χ0) is 24.3. The van der Waals surface area contributed by atoms with E-state index in [0.717, 1.165) is 17.5 Å². The Balaban J connectivity index is 1.91. The zero-order valence-electron chi connectivity index (χ0n) is 19.7. The SMILES string of the molecule is CCCNC(=O)C(Cc1ccccc1)N(Cc1ccccc1F)C(=O)COc1ccccc1C. The molecule has 1 N–H and O–H groups in total. The van der Waals surface area contributed by atoms with E-state index in [1.807, 2.05) is 62.4 Å². The summed E-state index contributed by atoms with van der Waals surface area (Å²) in [6, 6.07) is 22.4. The van der Waals surface area contributed by atoms with Crippen LogP contribution in [0.5, 0.6) is 5.75 Å². The Labute approximate surface area is 200 Å². The van der Waals surface area contributed by atoms with Gasteiger partial charge in [-0.1, -0.05) is 73.7 Å². The third-order valence-corrected chi connectivity index (χ3v) is 5.56. The molecule has 1 unspecified atom stereocenters. The van der Waals surface area contributed by atoms with Crippen molar-refractivity contribution in [1.82, 2.24) is 10.2 Å². The first-order valence-corrected chi connectivity index (χ1v) is 11.5. The highest BCUT2D eigenvalue weighted by atomic mass is 19.1. The second-order valence-electron chi connectivity index (χ2n) is 8.16. The average molecular weight is 463 g/mol. The van der Waals surface area contributed by atoms with Gasteiger partial charge in [-0.25, -0.2) is 4.39 Å². The molecule has 2 amide bonds. The molecule has 5 nitrogen and oxygen atoms in total. The molecule has 0 saturated heterocycles. The number of hydrogen-bond acceptors (Lipinski definition) is 3. The van der Waals surface area contributed by atoms with Crippen LogP contribution < -0.4 is 10.1 Å². The van der Waals surface area contributed by atoms with Gasteiger partial charge in [-0.2, -0.15) is 0 Å². The van der Waals surface area contributed by atoms with E-state index in [0.29, 0.717) is 24.3 Å². The minimum absolute atomic E-state index is 0.0420. The normalized spacial score (nSPS) is 11.5. The average Bonchev–Trinajstić information content (AvgIpc) is 2.85. The number of nitrogens with one attached hydrogen (secondary N) is 1. The van der Waals surface area contributed by atoms with Crippen LogP contribution in [0.25, 0.3) is 0 Å². The number of halogens is 1. The molecule has 3 rings (SSSR count). The highest BCUT2D eigenvalue weighted by Gasteiger charge is 2.31. The summed E-state index contributed by atoms with van der Waals surface area (Å²) < 4.78 is 20.3. The van der Waals surface area contributed by atoms with E-state index in [-0.39, 0.29) is 25.0 Å². The third kappa shape index (κ3) is 6.91. The first-order chi connectivity index (χ1) is 16.5. The molecule has 0 radical (unpaired) electrons. The second kappa shape index (κ2) is 12.5. The summed E-state index contributed by atoms with van der Waals surface area (Å²) in [5.41, 5.74) is 2.15. The molecule has 0 aliphatic carbocycles. The predicted molar refractivity (Wildman–Crippen MR) is 131 cm³/mol. The van der Waals surface area contributed by atoms with Gasteiger partial charge in [-0.05, 0) is 36.6 Å². The van der Waals surface area contributed by atoms with Crippen LogP contribution in [-0.2, 0) is 22.6 Å². The molecule has 3 aromatic carbocycles. The summed E-state index contributed by atoms with van der Waals surface area (Å²) in [7, 11) is 0. The van der Waals surface area contributed by atoms with Crippen molar-refractivity contribution in [2.45, 2.75) is 39.3 Å². The second-order valence-corrected chi connectivity index (χ2v) is 8.16. The van der Waals surface area contributed by atoms with Gasteiger partial charge in [-0.3, -0.25) is 9.59 Å². The zero-order valence-corrected chi connectivity index (χ0v) is 19.7. The molecule has 1 atom stereocenters. The van der Waals surface area contributed by atoms with Crippen molar-refractivity contribution in [3.05, 3.63) is 101 Å². The van der Waals surface area contributed by atoms with Gasteiger partial charge in [0.1, 0.15) is 17.6 Å². The maximum absolute atomic E-state index is 14.5. The summed E-state index contributed by atoms with van der Waals surface area (Å²) in [6.45, 7) is 4.05. The standard InChI is InChI=1S/C28H31FN2O3/c1-3-17-30-28(33)25(18-22-12-5-4-6-13-22)31(19-23-14-8-9-15-24(23)29)27(32)20-34-26-16-10-7-11-21(26)2/h4-16,25H,3,17-20H2,1-2H3,(H,30,33). The Hall–Kier alpha value is -3.67. The van der Waals surface area contributed by atoms with Gasteiger partial charge in [0.2, 0.25) is 5.91 Å². The maximum Gasteiger partial charge on any atom is 0.261 e. The monoisotopic (exact) mass is 462 g/mol. The van der Waals surface area contributed by atoms with Crippen LogP contribution >= 0.6 is 0 Å². The lowest BCUT2D eigenvalue weighted by atomic mass is 10.0. The molecular weight excluding hydrogens is 431 g/mol. The molecule has 6 heteroatoms. The Morgan fingerprint density at radius 3 is 2.35 bits per heavy atom. The van der Waals surface area contributed by atoms with Crippen molar-refractivity contribution in [1.29, 1.82) is 0 Å². The largest absolute Gasteiger partial charge is 0.484 e. The molecule has 0 aliphatic rings. The van der Waals surface area contributed by atoms with Gasteiger partial charge in [0.25, 0.3) is 5.91 Å². The Morgan fingerprint density at radius 1 is 0.971 bits per heavy atom. The number of carbonyl (C=O) groups excluding carboxylic acids is 2. The van der Waals surface area contributed by atoms with E-state index in [2.05, 4.69) is 5.32 Å². The lowest BCUT2D eigenvalue weighted by Gasteiger charge is -2.31. The Bertz CT molecular complexity index is 1090. The fraction of sp³-hybridized carbons (Fsp3) is 0.286. The fourth-order valence-corrected chi connectivity index (χ4v) is 3.67. The van der Waals surface area contributed by atoms with Crippen molar-refractivity contribution in [3.63, 3.8) is 0 Å². The minimum Gasteiger partial charge on any atom is -0.484 e. The first-order valence-electron chi connectivity index (χ1n) is 11.5. The Kier molecular flexibility index (Phi) is 9.21. The molecule has 0 aliphatic heterocycles. The number of hydrogen-bond donors (Lipinski definition) is 1. The number of amides is 2. The number of nitrogens with zero attached hydrogens (tertiary/aromatic N) is 1. The van der Waals surface area contributed by atoms with Gasteiger partial charge in [-0.15, -0.1) is 0 Å². The number of rotatable bonds is 11. The van der Waals surface area contributed by atoms with Gasteiger partial charge in [0.05, 0.1) is 0 Å². The maximum atomic E-state index is 14.5. The molecule has 34 heavy (non-hydrogen) atoms. The van der Waals surface area contributed by atoms with E-state index < -0.39 is 11.9 Å². The smallest absolute Gasteiger partial charge is 0.261 e. The minimum atomic E-state index is -0.818. The summed E-state index contributed by atoms with van der Waals surface area (Å²) >= 11 is 0. The number of aryl methyl sites for hydroxylation is 1. The number of para-hydroxylation sites is 1. The molecule has 0 fully saturated rings. The quantitative estimate of drug-likeness (QED) is 0.450. The van der Waals surface area contributed by atoms with Crippen LogP contribution in [0.4, 0.5) is 4.39 Å². The van der Waals surface area contributed by atoms with Crippen molar-refractivity contribution < 1.29 is 18.7 Å². The van der Waals surface area contributed by atoms with Crippen LogP contribution in [0.15, 0.2) is 78.9 Å². The number of benzene rings is 3. The summed E-state index contributed by atoms with van der Waals surface area (Å²) in [6.07, 6.45) is 1.07. The number of ether oxygens (including phenoxy) is 1. The first kappa shape index (κ1) is 25.0. The van der Waals surface area contributed by atoms with E-state index in [9.17, 15) is 14.0 Å². The molecular formula is C28H31FN2O3. The van der Waals surface area contributed by atoms with E-state index >= 15 is 0 Å². The molecule has 3 aromatic rings. The van der Waals surface area contributed by atoms with Crippen LogP contribution in [0.1, 0.15) is 30.0 Å². The van der Waals surface area contributed by atoms with Crippen LogP contribution in [0.3, 0.4) is 0 Å². The van der Waals surface area contributed by atoms with Crippen molar-refractivity contribution in [3.8, 4) is 5.75 Å². The van der Waals surface area contributed by atoms with Crippen molar-refractivity contribution in [2.75, 3.05) is 13.2 Å². The molecule has 0 aromatic heterocycles. The predicted octanol–water partition coefficient (Wildman–Crippen LogP) is 4.68. The van der Waals surface area contributed by atoms with Crippen LogP contribution in [-0.4, -0.2) is 35.9 Å². The van der Waals surface area contributed by atoms with E-state index in [4.69, 9.17) is 4.74 Å². The summed E-state index contributed by atoms with van der Waals surface area (Å²) in [4.78, 5) is 28.1. The van der Waals surface area contributed by atoms with E-state index in [1.54, 1.807) is 24.3 Å².